The first-order valence-electron chi connectivity index (χ1n) is 7.53. The first-order chi connectivity index (χ1) is 11.8. The minimum Gasteiger partial charge on any atom is -0.394 e. The Hall–Kier alpha value is -2.55. The zero-order valence-corrected chi connectivity index (χ0v) is 13.3. The number of hydrogen-bond acceptors (Lipinski definition) is 3. The largest absolute Gasteiger partial charge is 0.416 e. The number of benzene rings is 1. The van der Waals surface area contributed by atoms with Gasteiger partial charge < -0.3 is 20.2 Å². The van der Waals surface area contributed by atoms with Gasteiger partial charge in [-0.15, -0.1) is 0 Å². The molecule has 2 rings (SSSR count). The Kier molecular flexibility index (Phi) is 5.68. The summed E-state index contributed by atoms with van der Waals surface area (Å²) in [6.07, 6.45) is -3.29. The molecule has 1 fully saturated rings. The molecule has 0 radical (unpaired) electrons. The van der Waals surface area contributed by atoms with Crippen molar-refractivity contribution in [3.8, 4) is 0 Å². The number of anilines is 1. The van der Waals surface area contributed by atoms with Crippen LogP contribution in [0.2, 0.25) is 0 Å². The molecule has 1 heterocycles. The highest BCUT2D eigenvalue weighted by Crippen LogP contribution is 2.29. The molecule has 2 N–H and O–H groups in total. The van der Waals surface area contributed by atoms with E-state index < -0.39 is 23.8 Å². The molecular weight excluding hydrogens is 339 g/mol. The monoisotopic (exact) mass is 357 g/mol. The molecule has 1 aromatic carbocycles. The minimum atomic E-state index is -4.45. The molecule has 9 heteroatoms. The molecule has 0 aromatic heterocycles. The van der Waals surface area contributed by atoms with Crippen molar-refractivity contribution in [2.75, 3.05) is 31.6 Å². The molecule has 1 aliphatic rings. The van der Waals surface area contributed by atoms with Crippen molar-refractivity contribution in [3.05, 3.63) is 42.5 Å². The number of carbonyl (C=O) groups is 2. The molecule has 6 nitrogen and oxygen atoms in total. The first-order valence-corrected chi connectivity index (χ1v) is 7.53. The summed E-state index contributed by atoms with van der Waals surface area (Å²) in [5, 5.41) is 12.0. The Balaban J connectivity index is 2.02. The van der Waals surface area contributed by atoms with Crippen LogP contribution in [0.4, 0.5) is 23.7 Å². The lowest BCUT2D eigenvalue weighted by molar-refractivity contribution is -0.137. The maximum absolute atomic E-state index is 12.5. The molecule has 25 heavy (non-hydrogen) atoms. The Bertz CT molecular complexity index is 646. The Morgan fingerprint density at radius 2 is 1.92 bits per heavy atom. The average molecular weight is 357 g/mol. The maximum atomic E-state index is 12.5. The van der Waals surface area contributed by atoms with Gasteiger partial charge in [-0.25, -0.2) is 4.79 Å². The van der Waals surface area contributed by atoms with Gasteiger partial charge in [-0.2, -0.15) is 13.2 Å². The number of halogens is 3. The summed E-state index contributed by atoms with van der Waals surface area (Å²) in [5.41, 5.74) is -0.602. The third-order valence-corrected chi connectivity index (χ3v) is 3.90. The normalized spacial score (nSPS) is 18.0. The lowest BCUT2D eigenvalue weighted by atomic mass is 10.1. The summed E-state index contributed by atoms with van der Waals surface area (Å²) in [7, 11) is 0. The van der Waals surface area contributed by atoms with Crippen molar-refractivity contribution in [1.82, 2.24) is 9.80 Å². The highest BCUT2D eigenvalue weighted by molar-refractivity contribution is 5.90. The molecule has 0 bridgehead atoms. The van der Waals surface area contributed by atoms with Crippen molar-refractivity contribution >= 4 is 17.6 Å². The Morgan fingerprint density at radius 1 is 1.28 bits per heavy atom. The fourth-order valence-electron chi connectivity index (χ4n) is 2.55. The van der Waals surface area contributed by atoms with Crippen LogP contribution < -0.4 is 5.32 Å². The molecular formula is C16H18F3N3O3. The number of hydrogen-bond donors (Lipinski definition) is 2. The van der Waals surface area contributed by atoms with Crippen LogP contribution in [0.5, 0.6) is 0 Å². The fraction of sp³-hybridized carbons (Fsp3) is 0.375. The number of nitrogens with zero attached hydrogens (tertiary/aromatic N) is 2. The second-order valence-electron chi connectivity index (χ2n) is 5.52. The lowest BCUT2D eigenvalue weighted by Gasteiger charge is -2.40. The van der Waals surface area contributed by atoms with Crippen LogP contribution in [0.3, 0.4) is 0 Å². The van der Waals surface area contributed by atoms with Gasteiger partial charge in [-0.3, -0.25) is 4.79 Å². The number of carbonyl (C=O) groups excluding carboxylic acids is 2. The summed E-state index contributed by atoms with van der Waals surface area (Å²) < 4.78 is 37.6. The van der Waals surface area contributed by atoms with Gasteiger partial charge in [0.1, 0.15) is 0 Å². The highest BCUT2D eigenvalue weighted by atomic mass is 19.4. The molecule has 0 unspecified atom stereocenters. The van der Waals surface area contributed by atoms with E-state index in [2.05, 4.69) is 11.9 Å². The molecule has 1 aromatic rings. The van der Waals surface area contributed by atoms with Crippen LogP contribution >= 0.6 is 0 Å². The van der Waals surface area contributed by atoms with Crippen LogP contribution in [0.1, 0.15) is 5.56 Å². The lowest BCUT2D eigenvalue weighted by Crippen LogP contribution is -2.58. The van der Waals surface area contributed by atoms with Gasteiger partial charge in [0.15, 0.2) is 0 Å². The number of nitrogens with one attached hydrogen (secondary N) is 1. The second-order valence-corrected chi connectivity index (χ2v) is 5.52. The smallest absolute Gasteiger partial charge is 0.394 e. The molecule has 0 saturated carbocycles. The van der Waals surface area contributed by atoms with E-state index in [0.29, 0.717) is 0 Å². The maximum Gasteiger partial charge on any atom is 0.416 e. The van der Waals surface area contributed by atoms with Crippen LogP contribution in [0.15, 0.2) is 36.9 Å². The minimum absolute atomic E-state index is 0.155. The van der Waals surface area contributed by atoms with Gasteiger partial charge >= 0.3 is 12.2 Å². The quantitative estimate of drug-likeness (QED) is 0.812. The highest BCUT2D eigenvalue weighted by Gasteiger charge is 2.32. The standard InChI is InChI=1S/C16H18F3N3O3/c1-2-14(24)21-7-8-22(13(9-21)10-23)15(25)20-12-5-3-11(4-6-12)16(17,18)19/h2-6,13,23H,1,7-10H2,(H,20,25)/t13-/m1/s1. The van der Waals surface area contributed by atoms with E-state index in [1.165, 1.54) is 9.80 Å². The van der Waals surface area contributed by atoms with Gasteiger partial charge in [0.2, 0.25) is 5.91 Å². The van der Waals surface area contributed by atoms with Crippen LogP contribution in [-0.4, -0.2) is 59.1 Å². The van der Waals surface area contributed by atoms with Crippen molar-refractivity contribution in [2.45, 2.75) is 12.2 Å². The molecule has 1 atom stereocenters. The van der Waals surface area contributed by atoms with E-state index in [1.807, 2.05) is 0 Å². The summed E-state index contributed by atoms with van der Waals surface area (Å²) >= 11 is 0. The van der Waals surface area contributed by atoms with Crippen molar-refractivity contribution in [2.24, 2.45) is 0 Å². The van der Waals surface area contributed by atoms with E-state index in [1.54, 1.807) is 0 Å². The number of rotatable bonds is 3. The third-order valence-electron chi connectivity index (χ3n) is 3.90. The molecule has 1 aliphatic heterocycles. The molecule has 0 aliphatic carbocycles. The van der Waals surface area contributed by atoms with Gasteiger partial charge in [0.25, 0.3) is 0 Å². The van der Waals surface area contributed by atoms with Crippen LogP contribution in [-0.2, 0) is 11.0 Å². The SMILES string of the molecule is C=CC(=O)N1CCN(C(=O)Nc2ccc(C(F)(F)F)cc2)[C@@H](CO)C1. The first kappa shape index (κ1) is 18.8. The summed E-state index contributed by atoms with van der Waals surface area (Å²) in [6.45, 7) is 3.67. The van der Waals surface area contributed by atoms with Gasteiger partial charge in [-0.05, 0) is 30.3 Å². The zero-order valence-electron chi connectivity index (χ0n) is 13.3. The number of amides is 3. The summed E-state index contributed by atoms with van der Waals surface area (Å²) in [5.74, 6) is -0.291. The van der Waals surface area contributed by atoms with E-state index >= 15 is 0 Å². The topological polar surface area (TPSA) is 72.9 Å². The molecule has 1 saturated heterocycles. The number of piperazine rings is 1. The zero-order chi connectivity index (χ0) is 18.6. The summed E-state index contributed by atoms with van der Waals surface area (Å²) in [6, 6.07) is 2.91. The fourth-order valence-corrected chi connectivity index (χ4v) is 2.55. The third kappa shape index (κ3) is 4.50. The predicted molar refractivity (Wildman–Crippen MR) is 84.8 cm³/mol. The van der Waals surface area contributed by atoms with Crippen molar-refractivity contribution in [1.29, 1.82) is 0 Å². The van der Waals surface area contributed by atoms with Gasteiger partial charge in [0, 0.05) is 25.3 Å². The summed E-state index contributed by atoms with van der Waals surface area (Å²) in [4.78, 5) is 26.8. The molecule has 0 spiro atoms. The van der Waals surface area contributed by atoms with Gasteiger partial charge in [0.05, 0.1) is 18.2 Å². The molecule has 136 valence electrons. The number of urea groups is 1. The van der Waals surface area contributed by atoms with Crippen LogP contribution in [0.25, 0.3) is 0 Å². The van der Waals surface area contributed by atoms with E-state index in [0.717, 1.165) is 30.3 Å². The number of aliphatic hydroxyl groups excluding tert-OH is 1. The predicted octanol–water partition coefficient (Wildman–Crippen LogP) is 1.93. The second kappa shape index (κ2) is 7.56. The number of alkyl halides is 3. The average Bonchev–Trinajstić information content (AvgIpc) is 2.60. The Labute approximate surface area is 142 Å². The van der Waals surface area contributed by atoms with E-state index in [4.69, 9.17) is 0 Å². The van der Waals surface area contributed by atoms with Gasteiger partial charge in [-0.1, -0.05) is 6.58 Å². The van der Waals surface area contributed by atoms with Crippen molar-refractivity contribution < 1.29 is 27.9 Å². The van der Waals surface area contributed by atoms with Crippen molar-refractivity contribution in [3.63, 3.8) is 0 Å². The molecule has 3 amide bonds. The van der Waals surface area contributed by atoms with Crippen LogP contribution in [0, 0.1) is 0 Å². The van der Waals surface area contributed by atoms with E-state index in [-0.39, 0.29) is 37.8 Å². The Morgan fingerprint density at radius 3 is 2.44 bits per heavy atom. The van der Waals surface area contributed by atoms with E-state index in [9.17, 15) is 27.9 Å². The number of aliphatic hydroxyl groups is 1.